The molecule has 1 fully saturated rings. The second-order valence-corrected chi connectivity index (χ2v) is 4.72. The first kappa shape index (κ1) is 14.0. The summed E-state index contributed by atoms with van der Waals surface area (Å²) in [5.74, 6) is 1.67. The minimum Gasteiger partial charge on any atom is -0.490 e. The van der Waals surface area contributed by atoms with Crippen LogP contribution < -0.4 is 19.7 Å². The number of ether oxygens (including phenoxy) is 2. The van der Waals surface area contributed by atoms with E-state index in [2.05, 4.69) is 22.3 Å². The lowest BCUT2D eigenvalue weighted by atomic mass is 10.2. The molecule has 1 heterocycles. The van der Waals surface area contributed by atoms with Crippen LogP contribution >= 0.6 is 0 Å². The van der Waals surface area contributed by atoms with Gasteiger partial charge in [-0.25, -0.2) is 0 Å². The van der Waals surface area contributed by atoms with E-state index in [9.17, 15) is 0 Å². The highest BCUT2D eigenvalue weighted by Crippen LogP contribution is 2.33. The van der Waals surface area contributed by atoms with Gasteiger partial charge in [0.2, 0.25) is 0 Å². The molecule has 0 radical (unpaired) electrons. The number of likely N-dealkylation sites (N-methyl/N-ethyl adjacent to an activating group) is 1. The predicted molar refractivity (Wildman–Crippen MR) is 78.5 cm³/mol. The van der Waals surface area contributed by atoms with Crippen molar-refractivity contribution in [1.82, 2.24) is 5.32 Å². The summed E-state index contributed by atoms with van der Waals surface area (Å²) in [6.45, 7) is 7.44. The summed E-state index contributed by atoms with van der Waals surface area (Å²) in [4.78, 5) is 2.39. The molecule has 1 aliphatic heterocycles. The van der Waals surface area contributed by atoms with Crippen LogP contribution in [0.1, 0.15) is 20.3 Å². The van der Waals surface area contributed by atoms with Crippen molar-refractivity contribution in [2.24, 2.45) is 0 Å². The summed E-state index contributed by atoms with van der Waals surface area (Å²) in [7, 11) is 2.03. The molecule has 0 aliphatic carbocycles. The fraction of sp³-hybridized carbons (Fsp3) is 0.600. The number of hydrogen-bond acceptors (Lipinski definition) is 4. The average molecular weight is 264 g/mol. The highest BCUT2D eigenvalue weighted by Gasteiger charge is 2.22. The first-order valence-corrected chi connectivity index (χ1v) is 7.10. The molecule has 1 unspecified atom stereocenters. The summed E-state index contributed by atoms with van der Waals surface area (Å²) < 4.78 is 11.3. The van der Waals surface area contributed by atoms with Gasteiger partial charge >= 0.3 is 0 Å². The van der Waals surface area contributed by atoms with E-state index in [4.69, 9.17) is 9.47 Å². The van der Waals surface area contributed by atoms with Crippen LogP contribution in [0.15, 0.2) is 18.2 Å². The predicted octanol–water partition coefficient (Wildman–Crippen LogP) is 2.28. The van der Waals surface area contributed by atoms with Gasteiger partial charge in [0, 0.05) is 30.9 Å². The number of rotatable bonds is 6. The second-order valence-electron chi connectivity index (χ2n) is 4.72. The molecule has 1 atom stereocenters. The van der Waals surface area contributed by atoms with E-state index in [0.717, 1.165) is 24.6 Å². The first-order valence-electron chi connectivity index (χ1n) is 7.10. The highest BCUT2D eigenvalue weighted by atomic mass is 16.5. The molecular formula is C15H24N2O2. The molecule has 1 N–H and O–H groups in total. The molecular weight excluding hydrogens is 240 g/mol. The van der Waals surface area contributed by atoms with E-state index in [0.29, 0.717) is 19.3 Å². The smallest absolute Gasteiger partial charge is 0.163 e. The van der Waals surface area contributed by atoms with Crippen LogP contribution in [0.5, 0.6) is 11.5 Å². The van der Waals surface area contributed by atoms with Gasteiger partial charge in [-0.1, -0.05) is 0 Å². The maximum absolute atomic E-state index is 5.68. The van der Waals surface area contributed by atoms with Crippen molar-refractivity contribution >= 4 is 5.69 Å². The van der Waals surface area contributed by atoms with Gasteiger partial charge in [-0.15, -0.1) is 0 Å². The lowest BCUT2D eigenvalue weighted by molar-refractivity contribution is 0.288. The van der Waals surface area contributed by atoms with Crippen LogP contribution in [0.25, 0.3) is 0 Å². The fourth-order valence-electron chi connectivity index (χ4n) is 2.47. The van der Waals surface area contributed by atoms with Gasteiger partial charge in [-0.05, 0) is 39.4 Å². The van der Waals surface area contributed by atoms with Gasteiger partial charge in [-0.2, -0.15) is 0 Å². The average Bonchev–Trinajstić information content (AvgIpc) is 2.90. The molecule has 1 saturated heterocycles. The van der Waals surface area contributed by atoms with Gasteiger partial charge in [0.15, 0.2) is 11.5 Å². The highest BCUT2D eigenvalue weighted by molar-refractivity contribution is 5.57. The van der Waals surface area contributed by atoms with Crippen LogP contribution in [-0.4, -0.2) is 39.4 Å². The third-order valence-corrected chi connectivity index (χ3v) is 3.49. The Morgan fingerprint density at radius 2 is 1.95 bits per heavy atom. The van der Waals surface area contributed by atoms with E-state index < -0.39 is 0 Å². The largest absolute Gasteiger partial charge is 0.490 e. The molecule has 1 aliphatic rings. The Morgan fingerprint density at radius 1 is 1.21 bits per heavy atom. The second kappa shape index (κ2) is 6.66. The van der Waals surface area contributed by atoms with E-state index in [1.165, 1.54) is 12.1 Å². The quantitative estimate of drug-likeness (QED) is 0.854. The van der Waals surface area contributed by atoms with Crippen LogP contribution in [0.4, 0.5) is 5.69 Å². The van der Waals surface area contributed by atoms with E-state index in [-0.39, 0.29) is 0 Å². The Kier molecular flexibility index (Phi) is 4.91. The lowest BCUT2D eigenvalue weighted by Gasteiger charge is -2.20. The number of anilines is 1. The number of nitrogens with one attached hydrogen (secondary N) is 1. The van der Waals surface area contributed by atoms with Crippen molar-refractivity contribution in [1.29, 1.82) is 0 Å². The van der Waals surface area contributed by atoms with Crippen molar-refractivity contribution in [3.05, 3.63) is 18.2 Å². The molecule has 0 amide bonds. The van der Waals surface area contributed by atoms with E-state index >= 15 is 0 Å². The topological polar surface area (TPSA) is 33.7 Å². The number of hydrogen-bond donors (Lipinski definition) is 1. The van der Waals surface area contributed by atoms with Gasteiger partial charge in [0.1, 0.15) is 0 Å². The maximum atomic E-state index is 5.68. The molecule has 106 valence electrons. The minimum absolute atomic E-state index is 0.585. The van der Waals surface area contributed by atoms with Crippen molar-refractivity contribution in [3.8, 4) is 11.5 Å². The number of benzene rings is 1. The van der Waals surface area contributed by atoms with Crippen LogP contribution in [0.2, 0.25) is 0 Å². The lowest BCUT2D eigenvalue weighted by Crippen LogP contribution is -2.29. The van der Waals surface area contributed by atoms with Crippen LogP contribution in [0, 0.1) is 0 Å². The Bertz CT molecular complexity index is 409. The molecule has 19 heavy (non-hydrogen) atoms. The summed E-state index contributed by atoms with van der Waals surface area (Å²) >= 11 is 0. The van der Waals surface area contributed by atoms with Gasteiger partial charge < -0.3 is 19.7 Å². The molecule has 0 aromatic heterocycles. The van der Waals surface area contributed by atoms with Crippen molar-refractivity contribution in [3.63, 3.8) is 0 Å². The van der Waals surface area contributed by atoms with Gasteiger partial charge in [0.25, 0.3) is 0 Å². The van der Waals surface area contributed by atoms with Crippen molar-refractivity contribution < 1.29 is 9.47 Å². The molecule has 0 spiro atoms. The Hall–Kier alpha value is -1.42. The molecule has 1 aromatic carbocycles. The molecule has 2 rings (SSSR count). The number of nitrogens with zero attached hydrogens (tertiary/aromatic N) is 1. The third kappa shape index (κ3) is 3.32. The van der Waals surface area contributed by atoms with Crippen LogP contribution in [0.3, 0.4) is 0 Å². The van der Waals surface area contributed by atoms with Gasteiger partial charge in [0.05, 0.1) is 13.2 Å². The van der Waals surface area contributed by atoms with E-state index in [1.54, 1.807) is 0 Å². The summed E-state index contributed by atoms with van der Waals surface area (Å²) in [6.07, 6.45) is 1.19. The molecule has 0 saturated carbocycles. The summed E-state index contributed by atoms with van der Waals surface area (Å²) in [5, 5.41) is 3.34. The van der Waals surface area contributed by atoms with Crippen molar-refractivity contribution in [2.75, 3.05) is 38.3 Å². The molecule has 1 aromatic rings. The van der Waals surface area contributed by atoms with E-state index in [1.807, 2.05) is 27.0 Å². The summed E-state index contributed by atoms with van der Waals surface area (Å²) in [6, 6.07) is 6.80. The zero-order valence-electron chi connectivity index (χ0n) is 12.1. The van der Waals surface area contributed by atoms with Crippen molar-refractivity contribution in [2.45, 2.75) is 26.3 Å². The molecule has 0 bridgehead atoms. The monoisotopic (exact) mass is 264 g/mol. The molecule has 4 heteroatoms. The van der Waals surface area contributed by atoms with Gasteiger partial charge in [-0.3, -0.25) is 0 Å². The Morgan fingerprint density at radius 3 is 2.58 bits per heavy atom. The fourth-order valence-corrected chi connectivity index (χ4v) is 2.47. The Balaban J connectivity index is 2.15. The normalized spacial score (nSPS) is 18.7. The zero-order chi connectivity index (χ0) is 13.7. The SMILES string of the molecule is CCOc1ccc(N2CCC(NC)C2)cc1OCC. The standard InChI is InChI=1S/C15H24N2O2/c1-4-18-14-7-6-13(10-15(14)19-5-2)17-9-8-12(11-17)16-3/h6-7,10,12,16H,4-5,8-9,11H2,1-3H3. The Labute approximate surface area is 115 Å². The zero-order valence-corrected chi connectivity index (χ0v) is 12.1. The first-order chi connectivity index (χ1) is 9.28. The maximum Gasteiger partial charge on any atom is 0.163 e. The summed E-state index contributed by atoms with van der Waals surface area (Å²) in [5.41, 5.74) is 1.21. The van der Waals surface area contributed by atoms with Crippen LogP contribution in [-0.2, 0) is 0 Å². The molecule has 4 nitrogen and oxygen atoms in total. The minimum atomic E-state index is 0.585. The third-order valence-electron chi connectivity index (χ3n) is 3.49.